The summed E-state index contributed by atoms with van der Waals surface area (Å²) in [5.74, 6) is -0.591. The second-order valence-electron chi connectivity index (χ2n) is 5.88. The van der Waals surface area contributed by atoms with Crippen molar-refractivity contribution in [2.24, 2.45) is 5.92 Å². The lowest BCUT2D eigenvalue weighted by Gasteiger charge is -2.22. The van der Waals surface area contributed by atoms with Crippen molar-refractivity contribution in [3.05, 3.63) is 34.9 Å². The summed E-state index contributed by atoms with van der Waals surface area (Å²) in [6.45, 7) is 0.324. The first-order valence-corrected chi connectivity index (χ1v) is 7.72. The van der Waals surface area contributed by atoms with Crippen LogP contribution in [0.1, 0.15) is 37.2 Å². The molecule has 3 rings (SSSR count). The van der Waals surface area contributed by atoms with E-state index >= 15 is 0 Å². The Labute approximate surface area is 128 Å². The number of carbonyl (C=O) groups is 2. The number of amides is 1. The second kappa shape index (κ2) is 5.68. The predicted molar refractivity (Wildman–Crippen MR) is 79.3 cm³/mol. The molecule has 21 heavy (non-hydrogen) atoms. The van der Waals surface area contributed by atoms with E-state index in [1.807, 2.05) is 24.3 Å². The van der Waals surface area contributed by atoms with Crippen molar-refractivity contribution in [1.82, 2.24) is 4.90 Å². The van der Waals surface area contributed by atoms with Crippen LogP contribution in [0.25, 0.3) is 0 Å². The van der Waals surface area contributed by atoms with Gasteiger partial charge in [0, 0.05) is 23.5 Å². The highest BCUT2D eigenvalue weighted by Gasteiger charge is 2.48. The summed E-state index contributed by atoms with van der Waals surface area (Å²) in [6, 6.07) is 7.89. The van der Waals surface area contributed by atoms with Gasteiger partial charge in [0.1, 0.15) is 0 Å². The maximum absolute atomic E-state index is 12.6. The molecule has 0 heterocycles. The number of rotatable bonds is 6. The van der Waals surface area contributed by atoms with E-state index < -0.39 is 5.97 Å². The molecule has 0 aromatic heterocycles. The molecule has 0 saturated heterocycles. The molecule has 0 aliphatic heterocycles. The van der Waals surface area contributed by atoms with Crippen LogP contribution < -0.4 is 0 Å². The molecule has 2 aliphatic rings. The Hall–Kier alpha value is -1.55. The monoisotopic (exact) mass is 307 g/mol. The van der Waals surface area contributed by atoms with E-state index in [0.717, 1.165) is 24.8 Å². The van der Waals surface area contributed by atoms with Gasteiger partial charge in [-0.2, -0.15) is 0 Å². The smallest absolute Gasteiger partial charge is 0.305 e. The Balaban J connectivity index is 1.65. The molecule has 2 unspecified atom stereocenters. The molecular formula is C16H18ClNO3. The third-order valence-electron chi connectivity index (χ3n) is 4.25. The van der Waals surface area contributed by atoms with E-state index in [4.69, 9.17) is 16.7 Å². The highest BCUT2D eigenvalue weighted by Crippen LogP contribution is 2.51. The van der Waals surface area contributed by atoms with Crippen molar-refractivity contribution in [2.45, 2.75) is 37.6 Å². The zero-order valence-corrected chi connectivity index (χ0v) is 12.4. The predicted octanol–water partition coefficient (Wildman–Crippen LogP) is 2.91. The zero-order chi connectivity index (χ0) is 15.0. The van der Waals surface area contributed by atoms with Crippen LogP contribution in [0, 0.1) is 5.92 Å². The van der Waals surface area contributed by atoms with Gasteiger partial charge >= 0.3 is 5.97 Å². The number of hydrogen-bond acceptors (Lipinski definition) is 2. The number of aliphatic carboxylic acids is 1. The Bertz CT molecular complexity index is 570. The van der Waals surface area contributed by atoms with Gasteiger partial charge in [-0.25, -0.2) is 0 Å². The van der Waals surface area contributed by atoms with Crippen LogP contribution >= 0.6 is 11.6 Å². The fourth-order valence-corrected chi connectivity index (χ4v) is 3.15. The summed E-state index contributed by atoms with van der Waals surface area (Å²) >= 11 is 6.18. The Morgan fingerprint density at radius 2 is 2.00 bits per heavy atom. The van der Waals surface area contributed by atoms with E-state index in [1.54, 1.807) is 4.90 Å². The molecule has 4 nitrogen and oxygen atoms in total. The zero-order valence-electron chi connectivity index (χ0n) is 11.7. The fourth-order valence-electron chi connectivity index (χ4n) is 2.88. The van der Waals surface area contributed by atoms with Crippen molar-refractivity contribution in [2.75, 3.05) is 6.54 Å². The van der Waals surface area contributed by atoms with Crippen molar-refractivity contribution < 1.29 is 14.7 Å². The maximum Gasteiger partial charge on any atom is 0.305 e. The van der Waals surface area contributed by atoms with Gasteiger partial charge in [0.05, 0.1) is 6.42 Å². The minimum Gasteiger partial charge on any atom is -0.481 e. The second-order valence-corrected chi connectivity index (χ2v) is 6.28. The highest BCUT2D eigenvalue weighted by atomic mass is 35.5. The first-order valence-electron chi connectivity index (χ1n) is 7.34. The van der Waals surface area contributed by atoms with Gasteiger partial charge in [0.15, 0.2) is 0 Å². The van der Waals surface area contributed by atoms with E-state index in [1.165, 1.54) is 0 Å². The number of halogens is 1. The van der Waals surface area contributed by atoms with Crippen molar-refractivity contribution in [1.29, 1.82) is 0 Å². The molecule has 0 radical (unpaired) electrons. The molecule has 2 atom stereocenters. The topological polar surface area (TPSA) is 57.6 Å². The van der Waals surface area contributed by atoms with Crippen LogP contribution in [0.4, 0.5) is 0 Å². The number of nitrogens with zero attached hydrogens (tertiary/aromatic N) is 1. The van der Waals surface area contributed by atoms with Crippen molar-refractivity contribution in [3.63, 3.8) is 0 Å². The molecule has 1 N–H and O–H groups in total. The van der Waals surface area contributed by atoms with E-state index in [0.29, 0.717) is 11.6 Å². The van der Waals surface area contributed by atoms with E-state index in [9.17, 15) is 9.59 Å². The summed E-state index contributed by atoms with van der Waals surface area (Å²) in [4.78, 5) is 25.1. The molecule has 1 aromatic carbocycles. The first-order chi connectivity index (χ1) is 10.1. The number of carboxylic acid groups (broad SMARTS) is 1. The summed E-state index contributed by atoms with van der Waals surface area (Å²) in [5, 5.41) is 9.52. The van der Waals surface area contributed by atoms with Crippen LogP contribution in [0.3, 0.4) is 0 Å². The van der Waals surface area contributed by atoms with Crippen LogP contribution in [0.2, 0.25) is 5.02 Å². The summed E-state index contributed by atoms with van der Waals surface area (Å²) in [6.07, 6.45) is 2.83. The molecule has 1 amide bonds. The SMILES string of the molecule is O=C(O)CCN(C(=O)C1CC1c1ccccc1Cl)C1CC1. The lowest BCUT2D eigenvalue weighted by molar-refractivity contribution is -0.139. The first kappa shape index (κ1) is 14.4. The van der Waals surface area contributed by atoms with Crippen LogP contribution in [0.5, 0.6) is 0 Å². The van der Waals surface area contributed by atoms with Crippen molar-refractivity contribution in [3.8, 4) is 0 Å². The van der Waals surface area contributed by atoms with Gasteiger partial charge in [0.25, 0.3) is 0 Å². The number of carbonyl (C=O) groups excluding carboxylic acids is 1. The summed E-state index contributed by atoms with van der Waals surface area (Å²) in [5.41, 5.74) is 1.03. The molecule has 1 aromatic rings. The largest absolute Gasteiger partial charge is 0.481 e. The van der Waals surface area contributed by atoms with Gasteiger partial charge in [0.2, 0.25) is 5.91 Å². The molecule has 112 valence electrons. The van der Waals surface area contributed by atoms with Gasteiger partial charge in [-0.1, -0.05) is 29.8 Å². The van der Waals surface area contributed by atoms with E-state index in [-0.39, 0.29) is 30.2 Å². The molecule has 5 heteroatoms. The van der Waals surface area contributed by atoms with Gasteiger partial charge < -0.3 is 10.0 Å². The minimum absolute atomic E-state index is 0.0196. The number of carboxylic acids is 1. The minimum atomic E-state index is -0.855. The number of benzene rings is 1. The summed E-state index contributed by atoms with van der Waals surface area (Å²) in [7, 11) is 0. The van der Waals surface area contributed by atoms with Gasteiger partial charge in [-0.3, -0.25) is 9.59 Å². The molecule has 2 aliphatic carbocycles. The Kier molecular flexibility index (Phi) is 3.89. The lowest BCUT2D eigenvalue weighted by atomic mass is 10.1. The van der Waals surface area contributed by atoms with Crippen molar-refractivity contribution >= 4 is 23.5 Å². The van der Waals surface area contributed by atoms with Crippen LogP contribution in [-0.4, -0.2) is 34.5 Å². The van der Waals surface area contributed by atoms with Gasteiger partial charge in [-0.15, -0.1) is 0 Å². The molecule has 0 bridgehead atoms. The quantitative estimate of drug-likeness (QED) is 0.879. The average Bonchev–Trinajstić information content (AvgIpc) is 3.32. The Morgan fingerprint density at radius 3 is 2.62 bits per heavy atom. The molecular weight excluding hydrogens is 290 g/mol. The highest BCUT2D eigenvalue weighted by molar-refractivity contribution is 6.31. The number of hydrogen-bond donors (Lipinski definition) is 1. The average molecular weight is 308 g/mol. The fraction of sp³-hybridized carbons (Fsp3) is 0.500. The third-order valence-corrected chi connectivity index (χ3v) is 4.59. The third kappa shape index (κ3) is 3.21. The maximum atomic E-state index is 12.6. The standard InChI is InChI=1S/C16H18ClNO3/c17-14-4-2-1-3-11(14)12-9-13(12)16(21)18(10-5-6-10)8-7-15(19)20/h1-4,10,12-13H,5-9H2,(H,19,20). The normalized spacial score (nSPS) is 23.7. The molecule has 2 fully saturated rings. The molecule has 2 saturated carbocycles. The summed E-state index contributed by atoms with van der Waals surface area (Å²) < 4.78 is 0. The van der Waals surface area contributed by atoms with Crippen LogP contribution in [-0.2, 0) is 9.59 Å². The lowest BCUT2D eigenvalue weighted by Crippen LogP contribution is -2.36. The van der Waals surface area contributed by atoms with E-state index in [2.05, 4.69) is 0 Å². The Morgan fingerprint density at radius 1 is 1.29 bits per heavy atom. The van der Waals surface area contributed by atoms with Gasteiger partial charge in [-0.05, 0) is 36.8 Å². The van der Waals surface area contributed by atoms with Crippen LogP contribution in [0.15, 0.2) is 24.3 Å². The molecule has 0 spiro atoms.